The van der Waals surface area contributed by atoms with E-state index in [4.69, 9.17) is 17.0 Å². The van der Waals surface area contributed by atoms with Gasteiger partial charge in [-0.3, -0.25) is 0 Å². The first-order chi connectivity index (χ1) is 11.6. The third-order valence-electron chi connectivity index (χ3n) is 4.04. The Balaban J connectivity index is 1.88. The van der Waals surface area contributed by atoms with Crippen molar-refractivity contribution in [1.29, 1.82) is 0 Å². The van der Waals surface area contributed by atoms with E-state index in [1.807, 2.05) is 38.4 Å². The van der Waals surface area contributed by atoms with Crippen molar-refractivity contribution in [2.45, 2.75) is 6.04 Å². The van der Waals surface area contributed by atoms with E-state index in [0.717, 1.165) is 17.0 Å². The van der Waals surface area contributed by atoms with E-state index in [1.165, 1.54) is 11.3 Å². The maximum atomic E-state index is 5.38. The summed E-state index contributed by atoms with van der Waals surface area (Å²) in [7, 11) is 5.74. The molecule has 0 bridgehead atoms. The monoisotopic (exact) mass is 339 g/mol. The van der Waals surface area contributed by atoms with E-state index >= 15 is 0 Å². The highest BCUT2D eigenvalue weighted by Gasteiger charge is 2.18. The minimum atomic E-state index is 0.0482. The Hall–Kier alpha value is -2.53. The van der Waals surface area contributed by atoms with Crippen LogP contribution in [-0.4, -0.2) is 26.3 Å². The summed E-state index contributed by atoms with van der Waals surface area (Å²) in [4.78, 5) is 2.09. The predicted molar refractivity (Wildman–Crippen MR) is 103 cm³/mol. The number of hydrogen-bond donors (Lipinski definition) is 2. The van der Waals surface area contributed by atoms with E-state index in [1.54, 1.807) is 7.11 Å². The second-order valence-corrected chi connectivity index (χ2v) is 6.28. The summed E-state index contributed by atoms with van der Waals surface area (Å²) in [5.74, 6) is 0.840. The van der Waals surface area contributed by atoms with Crippen molar-refractivity contribution in [2.75, 3.05) is 26.1 Å². The molecule has 1 aliphatic rings. The number of methoxy groups -OCH3 is 1. The third kappa shape index (κ3) is 3.51. The number of thiocarbonyl (C=S) groups is 1. The van der Waals surface area contributed by atoms with Crippen LogP contribution in [0.4, 0.5) is 5.69 Å². The van der Waals surface area contributed by atoms with Gasteiger partial charge in [0.15, 0.2) is 5.11 Å². The Morgan fingerprint density at radius 1 is 1.00 bits per heavy atom. The van der Waals surface area contributed by atoms with E-state index in [-0.39, 0.29) is 6.04 Å². The minimum absolute atomic E-state index is 0.0482. The van der Waals surface area contributed by atoms with Crippen LogP contribution in [0.25, 0.3) is 5.70 Å². The number of nitrogens with one attached hydrogen (secondary N) is 2. The Bertz CT molecular complexity index is 751. The Labute approximate surface area is 148 Å². The summed E-state index contributed by atoms with van der Waals surface area (Å²) in [5, 5.41) is 7.17. The molecule has 5 heteroatoms. The molecule has 1 atom stereocenters. The van der Waals surface area contributed by atoms with Gasteiger partial charge in [-0.1, -0.05) is 12.1 Å². The molecule has 0 radical (unpaired) electrons. The SMILES string of the molecule is COc1ccc(C2=C[C@@H](c3ccc(N(C)C)cc3)NC(=S)N2)cc1. The lowest BCUT2D eigenvalue weighted by Gasteiger charge is -2.26. The number of rotatable bonds is 4. The van der Waals surface area contributed by atoms with E-state index in [9.17, 15) is 0 Å². The van der Waals surface area contributed by atoms with E-state index in [0.29, 0.717) is 5.11 Å². The lowest BCUT2D eigenvalue weighted by Crippen LogP contribution is -2.40. The zero-order valence-corrected chi connectivity index (χ0v) is 14.9. The van der Waals surface area contributed by atoms with Crippen LogP contribution in [0.5, 0.6) is 5.75 Å². The van der Waals surface area contributed by atoms with Crippen LogP contribution < -0.4 is 20.3 Å². The van der Waals surface area contributed by atoms with Crippen LogP contribution in [0.1, 0.15) is 17.2 Å². The highest BCUT2D eigenvalue weighted by molar-refractivity contribution is 7.80. The molecule has 1 heterocycles. The van der Waals surface area contributed by atoms with Crippen LogP contribution >= 0.6 is 12.2 Å². The van der Waals surface area contributed by atoms with Gasteiger partial charge in [-0.05, 0) is 65.8 Å². The zero-order chi connectivity index (χ0) is 17.1. The van der Waals surface area contributed by atoms with Crippen LogP contribution in [0.15, 0.2) is 54.6 Å². The number of anilines is 1. The number of ether oxygens (including phenoxy) is 1. The Kier molecular flexibility index (Phi) is 4.71. The summed E-state index contributed by atoms with van der Waals surface area (Å²) in [5.41, 5.74) is 4.43. The lowest BCUT2D eigenvalue weighted by atomic mass is 10.0. The molecule has 2 N–H and O–H groups in total. The molecule has 24 heavy (non-hydrogen) atoms. The van der Waals surface area contributed by atoms with Gasteiger partial charge in [-0.25, -0.2) is 0 Å². The van der Waals surface area contributed by atoms with Gasteiger partial charge in [0.25, 0.3) is 0 Å². The molecule has 0 amide bonds. The molecule has 0 spiro atoms. The second kappa shape index (κ2) is 6.93. The minimum Gasteiger partial charge on any atom is -0.497 e. The fourth-order valence-electron chi connectivity index (χ4n) is 2.65. The number of nitrogens with zero attached hydrogens (tertiary/aromatic N) is 1. The van der Waals surface area contributed by atoms with Gasteiger partial charge in [0.2, 0.25) is 0 Å². The van der Waals surface area contributed by atoms with Crippen LogP contribution in [0.3, 0.4) is 0 Å². The molecule has 2 aromatic rings. The Morgan fingerprint density at radius 2 is 1.67 bits per heavy atom. The van der Waals surface area contributed by atoms with Crippen molar-refractivity contribution in [3.63, 3.8) is 0 Å². The topological polar surface area (TPSA) is 36.5 Å². The quantitative estimate of drug-likeness (QED) is 0.836. The first kappa shape index (κ1) is 16.3. The summed E-state index contributed by atoms with van der Waals surface area (Å²) in [6, 6.07) is 16.5. The molecular formula is C19H21N3OS. The molecule has 0 saturated carbocycles. The summed E-state index contributed by atoms with van der Waals surface area (Å²) in [6.07, 6.45) is 2.16. The van der Waals surface area contributed by atoms with Gasteiger partial charge in [-0.2, -0.15) is 0 Å². The molecule has 0 fully saturated rings. The molecule has 0 aromatic heterocycles. The van der Waals surface area contributed by atoms with Gasteiger partial charge >= 0.3 is 0 Å². The summed E-state index contributed by atoms with van der Waals surface area (Å²) in [6.45, 7) is 0. The molecule has 0 unspecified atom stereocenters. The fraction of sp³-hybridized carbons (Fsp3) is 0.211. The van der Waals surface area contributed by atoms with Gasteiger partial charge in [0.05, 0.1) is 13.2 Å². The molecular weight excluding hydrogens is 318 g/mol. The highest BCUT2D eigenvalue weighted by atomic mass is 32.1. The molecule has 0 saturated heterocycles. The van der Waals surface area contributed by atoms with E-state index in [2.05, 4.69) is 45.9 Å². The fourth-order valence-corrected chi connectivity index (χ4v) is 2.88. The Morgan fingerprint density at radius 3 is 2.25 bits per heavy atom. The van der Waals surface area contributed by atoms with Gasteiger partial charge in [0, 0.05) is 25.5 Å². The summed E-state index contributed by atoms with van der Waals surface area (Å²) >= 11 is 5.38. The largest absolute Gasteiger partial charge is 0.497 e. The smallest absolute Gasteiger partial charge is 0.171 e. The molecule has 2 aromatic carbocycles. The average Bonchev–Trinajstić information content (AvgIpc) is 2.61. The van der Waals surface area contributed by atoms with Crippen molar-refractivity contribution in [2.24, 2.45) is 0 Å². The zero-order valence-electron chi connectivity index (χ0n) is 14.0. The molecule has 4 nitrogen and oxygen atoms in total. The van der Waals surface area contributed by atoms with E-state index < -0.39 is 0 Å². The van der Waals surface area contributed by atoms with Crippen LogP contribution in [0, 0.1) is 0 Å². The molecule has 124 valence electrons. The predicted octanol–water partition coefficient (Wildman–Crippen LogP) is 3.32. The highest BCUT2D eigenvalue weighted by Crippen LogP contribution is 2.26. The van der Waals surface area contributed by atoms with Crippen molar-refractivity contribution in [3.05, 3.63) is 65.7 Å². The van der Waals surface area contributed by atoms with Gasteiger partial charge in [-0.15, -0.1) is 0 Å². The number of hydrogen-bond acceptors (Lipinski definition) is 3. The first-order valence-corrected chi connectivity index (χ1v) is 8.18. The average molecular weight is 339 g/mol. The number of benzene rings is 2. The van der Waals surface area contributed by atoms with Crippen molar-refractivity contribution >= 4 is 28.7 Å². The second-order valence-electron chi connectivity index (χ2n) is 5.87. The van der Waals surface area contributed by atoms with Crippen LogP contribution in [-0.2, 0) is 0 Å². The third-order valence-corrected chi connectivity index (χ3v) is 4.26. The maximum Gasteiger partial charge on any atom is 0.171 e. The van der Waals surface area contributed by atoms with Gasteiger partial charge in [0.1, 0.15) is 5.75 Å². The van der Waals surface area contributed by atoms with Crippen molar-refractivity contribution < 1.29 is 4.74 Å². The first-order valence-electron chi connectivity index (χ1n) is 7.78. The van der Waals surface area contributed by atoms with Crippen molar-refractivity contribution in [3.8, 4) is 5.75 Å². The molecule has 0 aliphatic carbocycles. The molecule has 1 aliphatic heterocycles. The summed E-state index contributed by atoms with van der Waals surface area (Å²) < 4.78 is 5.22. The van der Waals surface area contributed by atoms with Gasteiger partial charge < -0.3 is 20.3 Å². The van der Waals surface area contributed by atoms with Crippen molar-refractivity contribution in [1.82, 2.24) is 10.6 Å². The normalized spacial score (nSPS) is 16.7. The maximum absolute atomic E-state index is 5.38. The molecule has 3 rings (SSSR count). The standard InChI is InChI=1S/C19H21N3OS/c1-22(2)15-8-4-13(5-9-15)17-12-18(21-19(24)20-17)14-6-10-16(23-3)11-7-14/h4-12,17H,1-3H3,(H2,20,21,24)/t17-/m0/s1. The lowest BCUT2D eigenvalue weighted by molar-refractivity contribution is 0.415. The van der Waals surface area contributed by atoms with Crippen LogP contribution in [0.2, 0.25) is 0 Å².